The minimum absolute atomic E-state index is 0.0750. The number of carbonyl (C=O) groups is 2. The van der Waals surface area contributed by atoms with Crippen LogP contribution in [0.1, 0.15) is 67.7 Å². The van der Waals surface area contributed by atoms with Gasteiger partial charge in [-0.3, -0.25) is 4.79 Å². The van der Waals surface area contributed by atoms with E-state index in [0.29, 0.717) is 12.2 Å². The van der Waals surface area contributed by atoms with Crippen LogP contribution in [0, 0.1) is 16.2 Å². The summed E-state index contributed by atoms with van der Waals surface area (Å²) < 4.78 is 15.9. The van der Waals surface area contributed by atoms with Crippen molar-refractivity contribution in [3.05, 3.63) is 12.3 Å². The molecule has 5 nitrogen and oxygen atoms in total. The number of hydrogen-bond acceptors (Lipinski definition) is 5. The number of ether oxygens (including phenoxy) is 3. The van der Waals surface area contributed by atoms with Gasteiger partial charge < -0.3 is 14.2 Å². The minimum Gasteiger partial charge on any atom is -0.486 e. The van der Waals surface area contributed by atoms with Crippen LogP contribution in [0.5, 0.6) is 0 Å². The fourth-order valence-corrected chi connectivity index (χ4v) is 3.12. The SMILES string of the molecule is C=C(OCC(=O)OC1CCOC(=O)C1)C(C)(CC(C)(C)C)C(C)(C)C. The van der Waals surface area contributed by atoms with Crippen molar-refractivity contribution < 1.29 is 23.8 Å². The van der Waals surface area contributed by atoms with E-state index in [1.165, 1.54) is 0 Å². The van der Waals surface area contributed by atoms with Crippen molar-refractivity contribution in [2.75, 3.05) is 13.2 Å². The van der Waals surface area contributed by atoms with Crippen molar-refractivity contribution in [3.8, 4) is 0 Å². The quantitative estimate of drug-likeness (QED) is 0.527. The van der Waals surface area contributed by atoms with E-state index in [0.717, 1.165) is 6.42 Å². The van der Waals surface area contributed by atoms with Crippen molar-refractivity contribution >= 4 is 11.9 Å². The van der Waals surface area contributed by atoms with E-state index in [9.17, 15) is 9.59 Å². The summed E-state index contributed by atoms with van der Waals surface area (Å²) in [5, 5.41) is 0. The molecule has 1 saturated heterocycles. The second kappa shape index (κ2) is 7.79. The molecule has 0 aliphatic carbocycles. The average Bonchev–Trinajstić information content (AvgIpc) is 2.41. The van der Waals surface area contributed by atoms with Gasteiger partial charge >= 0.3 is 11.9 Å². The summed E-state index contributed by atoms with van der Waals surface area (Å²) in [5.41, 5.74) is -0.272. The lowest BCUT2D eigenvalue weighted by atomic mass is 9.60. The van der Waals surface area contributed by atoms with E-state index in [-0.39, 0.29) is 41.8 Å². The molecule has 2 atom stereocenters. The second-order valence-electron chi connectivity index (χ2n) is 9.36. The van der Waals surface area contributed by atoms with Gasteiger partial charge in [0.25, 0.3) is 0 Å². The zero-order valence-corrected chi connectivity index (χ0v) is 16.9. The second-order valence-corrected chi connectivity index (χ2v) is 9.36. The Kier molecular flexibility index (Phi) is 6.71. The lowest BCUT2D eigenvalue weighted by Crippen LogP contribution is -2.39. The van der Waals surface area contributed by atoms with Gasteiger partial charge in [0.2, 0.25) is 0 Å². The highest BCUT2D eigenvalue weighted by atomic mass is 16.6. The van der Waals surface area contributed by atoms with Gasteiger partial charge in [-0.2, -0.15) is 0 Å². The summed E-state index contributed by atoms with van der Waals surface area (Å²) >= 11 is 0. The van der Waals surface area contributed by atoms with Crippen LogP contribution in [0.4, 0.5) is 0 Å². The van der Waals surface area contributed by atoms with E-state index in [1.807, 2.05) is 0 Å². The standard InChI is InChI=1S/C20H34O5/c1-14(20(8,19(5,6)7)13-18(2,3)4)24-12-17(22)25-15-9-10-23-16(21)11-15/h15H,1,9-13H2,2-8H3. The van der Waals surface area contributed by atoms with Crippen LogP contribution in [0.15, 0.2) is 12.3 Å². The molecule has 0 bridgehead atoms. The molecule has 1 heterocycles. The van der Waals surface area contributed by atoms with Gasteiger partial charge in [0, 0.05) is 11.8 Å². The van der Waals surface area contributed by atoms with Crippen LogP contribution in [-0.2, 0) is 23.8 Å². The van der Waals surface area contributed by atoms with E-state index >= 15 is 0 Å². The van der Waals surface area contributed by atoms with Gasteiger partial charge in [0.1, 0.15) is 6.10 Å². The maximum atomic E-state index is 12.0. The van der Waals surface area contributed by atoms with E-state index in [2.05, 4.69) is 55.0 Å². The molecule has 2 unspecified atom stereocenters. The highest BCUT2D eigenvalue weighted by Crippen LogP contribution is 2.51. The van der Waals surface area contributed by atoms with Gasteiger partial charge in [-0.15, -0.1) is 0 Å². The molecule has 0 N–H and O–H groups in total. The molecule has 5 heteroatoms. The lowest BCUT2D eigenvalue weighted by molar-refractivity contribution is -0.165. The highest BCUT2D eigenvalue weighted by Gasteiger charge is 2.44. The van der Waals surface area contributed by atoms with Crippen molar-refractivity contribution in [2.24, 2.45) is 16.2 Å². The Hall–Kier alpha value is -1.52. The average molecular weight is 354 g/mol. The predicted octanol–water partition coefficient (Wildman–Crippen LogP) is 4.25. The van der Waals surface area contributed by atoms with Crippen molar-refractivity contribution in [1.82, 2.24) is 0 Å². The van der Waals surface area contributed by atoms with E-state index in [4.69, 9.17) is 14.2 Å². The minimum atomic E-state index is -0.479. The molecular formula is C20H34O5. The summed E-state index contributed by atoms with van der Waals surface area (Å²) in [6.07, 6.45) is 1.10. The molecule has 0 aromatic rings. The Bertz CT molecular complexity index is 509. The van der Waals surface area contributed by atoms with Gasteiger partial charge in [0.15, 0.2) is 6.61 Å². The number of carbonyl (C=O) groups excluding carboxylic acids is 2. The smallest absolute Gasteiger partial charge is 0.344 e. The molecule has 1 rings (SSSR count). The molecule has 0 aromatic heterocycles. The van der Waals surface area contributed by atoms with Gasteiger partial charge in [0.05, 0.1) is 18.8 Å². The first-order valence-corrected chi connectivity index (χ1v) is 8.92. The first-order valence-electron chi connectivity index (χ1n) is 8.92. The largest absolute Gasteiger partial charge is 0.486 e. The number of cyclic esters (lactones) is 1. The summed E-state index contributed by atoms with van der Waals surface area (Å²) in [6.45, 7) is 19.3. The normalized spacial score (nSPS) is 21.1. The zero-order valence-electron chi connectivity index (χ0n) is 16.9. The van der Waals surface area contributed by atoms with E-state index in [1.54, 1.807) is 0 Å². The van der Waals surface area contributed by atoms with Gasteiger partial charge in [-0.05, 0) is 17.3 Å². The van der Waals surface area contributed by atoms with Crippen molar-refractivity contribution in [1.29, 1.82) is 0 Å². The zero-order chi connectivity index (χ0) is 19.5. The first-order chi connectivity index (χ1) is 11.2. The molecule has 0 spiro atoms. The van der Waals surface area contributed by atoms with E-state index < -0.39 is 12.1 Å². The number of hydrogen-bond donors (Lipinski definition) is 0. The molecule has 25 heavy (non-hydrogen) atoms. The number of esters is 2. The third kappa shape index (κ3) is 6.37. The first kappa shape index (κ1) is 21.5. The molecule has 0 amide bonds. The van der Waals surface area contributed by atoms with Crippen LogP contribution >= 0.6 is 0 Å². The molecule has 1 aliphatic rings. The Labute approximate surface area is 152 Å². The Morgan fingerprint density at radius 1 is 1.20 bits per heavy atom. The molecule has 0 saturated carbocycles. The number of rotatable bonds is 6. The van der Waals surface area contributed by atoms with Crippen molar-refractivity contribution in [2.45, 2.75) is 73.8 Å². The van der Waals surface area contributed by atoms with Crippen LogP contribution in [0.2, 0.25) is 0 Å². The molecule has 0 aromatic carbocycles. The highest BCUT2D eigenvalue weighted by molar-refractivity contribution is 5.73. The Balaban J connectivity index is 2.65. The third-order valence-electron chi connectivity index (χ3n) is 4.91. The summed E-state index contributed by atoms with van der Waals surface area (Å²) in [7, 11) is 0. The fraction of sp³-hybridized carbons (Fsp3) is 0.800. The molecule has 0 radical (unpaired) electrons. The molecule has 1 fully saturated rings. The Morgan fingerprint density at radius 3 is 2.28 bits per heavy atom. The van der Waals surface area contributed by atoms with Crippen molar-refractivity contribution in [3.63, 3.8) is 0 Å². The predicted molar refractivity (Wildman–Crippen MR) is 96.8 cm³/mol. The molecule has 144 valence electrons. The third-order valence-corrected chi connectivity index (χ3v) is 4.91. The van der Waals surface area contributed by atoms with Crippen LogP contribution in [0.3, 0.4) is 0 Å². The number of allylic oxidation sites excluding steroid dienone is 1. The summed E-state index contributed by atoms with van der Waals surface area (Å²) in [5.74, 6) is -0.220. The van der Waals surface area contributed by atoms with Crippen LogP contribution in [-0.4, -0.2) is 31.3 Å². The van der Waals surface area contributed by atoms with Gasteiger partial charge in [-0.25, -0.2) is 4.79 Å². The summed E-state index contributed by atoms with van der Waals surface area (Å²) in [6, 6.07) is 0. The van der Waals surface area contributed by atoms with Crippen LogP contribution in [0.25, 0.3) is 0 Å². The van der Waals surface area contributed by atoms with Crippen LogP contribution < -0.4 is 0 Å². The Morgan fingerprint density at radius 2 is 1.80 bits per heavy atom. The monoisotopic (exact) mass is 354 g/mol. The molecular weight excluding hydrogens is 320 g/mol. The lowest BCUT2D eigenvalue weighted by Gasteiger charge is -2.46. The summed E-state index contributed by atoms with van der Waals surface area (Å²) in [4.78, 5) is 23.3. The topological polar surface area (TPSA) is 61.8 Å². The molecule has 1 aliphatic heterocycles. The maximum absolute atomic E-state index is 12.0. The maximum Gasteiger partial charge on any atom is 0.344 e. The fourth-order valence-electron chi connectivity index (χ4n) is 3.12. The van der Waals surface area contributed by atoms with Gasteiger partial charge in [-0.1, -0.05) is 55.0 Å².